The molecule has 6 atom stereocenters. The molecule has 0 bridgehead atoms. The van der Waals surface area contributed by atoms with E-state index in [-0.39, 0.29) is 46.9 Å². The largest absolute Gasteiger partial charge is 0.497 e. The summed E-state index contributed by atoms with van der Waals surface area (Å²) in [4.78, 5) is 0. The highest BCUT2D eigenvalue weighted by Crippen LogP contribution is 2.44. The van der Waals surface area contributed by atoms with E-state index in [9.17, 15) is 0 Å². The van der Waals surface area contributed by atoms with E-state index in [0.717, 1.165) is 49.8 Å². The van der Waals surface area contributed by atoms with E-state index in [1.165, 1.54) is 10.4 Å². The first kappa shape index (κ1) is 44.1. The van der Waals surface area contributed by atoms with Gasteiger partial charge in [-0.1, -0.05) is 133 Å². The van der Waals surface area contributed by atoms with Gasteiger partial charge < -0.3 is 28.1 Å². The molecule has 0 saturated carbocycles. The van der Waals surface area contributed by atoms with E-state index in [1.807, 2.05) is 32.1 Å². The molecule has 5 rings (SSSR count). The zero-order valence-corrected chi connectivity index (χ0v) is 36.8. The number of methoxy groups -OCH3 is 1. The summed E-state index contributed by atoms with van der Waals surface area (Å²) in [6.07, 6.45) is 13.3. The molecule has 0 aromatic heterocycles. The molecule has 6 nitrogen and oxygen atoms in total. The van der Waals surface area contributed by atoms with Crippen LogP contribution < -0.4 is 15.1 Å². The predicted octanol–water partition coefficient (Wildman–Crippen LogP) is 10.6. The predicted molar refractivity (Wildman–Crippen MR) is 232 cm³/mol. The summed E-state index contributed by atoms with van der Waals surface area (Å²) in [6, 6.07) is 29.9. The monoisotopic (exact) mass is 782 g/mol. The van der Waals surface area contributed by atoms with Crippen LogP contribution in [0.4, 0.5) is 0 Å². The summed E-state index contributed by atoms with van der Waals surface area (Å²) in [5.41, 5.74) is 0.905. The number of rotatable bonds is 18. The molecule has 7 heteroatoms. The number of benzene rings is 3. The van der Waals surface area contributed by atoms with Gasteiger partial charge in [0.15, 0.2) is 5.79 Å². The highest BCUT2D eigenvalue weighted by atomic mass is 28.4. The van der Waals surface area contributed by atoms with Crippen molar-refractivity contribution in [3.8, 4) is 5.75 Å². The number of ether oxygens (including phenoxy) is 5. The minimum absolute atomic E-state index is 0.0295. The molecule has 3 aromatic rings. The van der Waals surface area contributed by atoms with Crippen molar-refractivity contribution < 1.29 is 28.1 Å². The van der Waals surface area contributed by atoms with Gasteiger partial charge in [-0.3, -0.25) is 0 Å². The van der Waals surface area contributed by atoms with Gasteiger partial charge in [-0.2, -0.15) is 0 Å². The van der Waals surface area contributed by atoms with Crippen molar-refractivity contribution in [3.63, 3.8) is 0 Å². The van der Waals surface area contributed by atoms with Crippen LogP contribution in [0.5, 0.6) is 5.75 Å². The number of hydrogen-bond acceptors (Lipinski definition) is 6. The van der Waals surface area contributed by atoms with Crippen LogP contribution in [0.25, 0.3) is 0 Å². The maximum atomic E-state index is 7.39. The van der Waals surface area contributed by atoms with Crippen LogP contribution in [0.3, 0.4) is 0 Å². The molecule has 0 N–H and O–H groups in total. The van der Waals surface area contributed by atoms with E-state index >= 15 is 0 Å². The van der Waals surface area contributed by atoms with Crippen LogP contribution >= 0.6 is 0 Å². The Morgan fingerprint density at radius 2 is 1.48 bits per heavy atom. The standard InChI is InChI=1S/C49H70O6Si/c1-11-20-40-21-19-26-45(53-40)48(6,7)46-34-42(54-49(8,9)55-46)33-41(51-35-38-28-30-39(50-10)31-29-38)32-27-37(12-2)36-52-56(47(3,4)5,43-22-15-13-16-23-43)44-24-17-14-18-25-44/h11,13-18,22-25,27-32,37,40-42,45-46H,1,12,19-21,26,33-36H2,2-10H3/b32-27-/t37-,40+,41-,42-,45+,46+/m1/s1. The maximum absolute atomic E-state index is 7.39. The molecule has 0 unspecified atom stereocenters. The minimum Gasteiger partial charge on any atom is -0.497 e. The van der Waals surface area contributed by atoms with E-state index in [2.05, 4.69) is 133 Å². The lowest BCUT2D eigenvalue weighted by molar-refractivity contribution is -0.327. The van der Waals surface area contributed by atoms with Gasteiger partial charge in [-0.05, 0) is 85.0 Å². The Balaban J connectivity index is 1.38. The fourth-order valence-corrected chi connectivity index (χ4v) is 13.3. The second-order valence-electron chi connectivity index (χ2n) is 18.0. The Morgan fingerprint density at radius 1 is 0.839 bits per heavy atom. The van der Waals surface area contributed by atoms with Gasteiger partial charge in [-0.15, -0.1) is 6.58 Å². The molecule has 2 aliphatic heterocycles. The van der Waals surface area contributed by atoms with E-state index in [1.54, 1.807) is 7.11 Å². The zero-order chi connectivity index (χ0) is 40.4. The molecule has 306 valence electrons. The van der Waals surface area contributed by atoms with E-state index in [4.69, 9.17) is 28.1 Å². The van der Waals surface area contributed by atoms with Gasteiger partial charge in [0.2, 0.25) is 0 Å². The van der Waals surface area contributed by atoms with Gasteiger partial charge in [0, 0.05) is 24.9 Å². The summed E-state index contributed by atoms with van der Waals surface area (Å²) in [5.74, 6) is 0.301. The van der Waals surface area contributed by atoms with Gasteiger partial charge in [0.1, 0.15) is 5.75 Å². The molecule has 0 spiro atoms. The van der Waals surface area contributed by atoms with Crippen molar-refractivity contribution in [3.05, 3.63) is 115 Å². The Kier molecular flexibility index (Phi) is 15.4. The molecule has 2 heterocycles. The topological polar surface area (TPSA) is 55.4 Å². The maximum Gasteiger partial charge on any atom is 0.261 e. The van der Waals surface area contributed by atoms with Crippen molar-refractivity contribution >= 4 is 18.7 Å². The molecule has 3 aromatic carbocycles. The van der Waals surface area contributed by atoms with Crippen molar-refractivity contribution in [1.29, 1.82) is 0 Å². The minimum atomic E-state index is -2.68. The Morgan fingerprint density at radius 3 is 2.05 bits per heavy atom. The molecule has 0 radical (unpaired) electrons. The highest BCUT2D eigenvalue weighted by Gasteiger charge is 2.51. The fourth-order valence-electron chi connectivity index (χ4n) is 8.69. The second kappa shape index (κ2) is 19.6. The van der Waals surface area contributed by atoms with Crippen LogP contribution in [0, 0.1) is 11.3 Å². The first-order valence-corrected chi connectivity index (χ1v) is 22.9. The Hall–Kier alpha value is -3.04. The third kappa shape index (κ3) is 11.1. The average molecular weight is 783 g/mol. The third-order valence-corrected chi connectivity index (χ3v) is 17.0. The molecule has 2 saturated heterocycles. The summed E-state index contributed by atoms with van der Waals surface area (Å²) in [7, 11) is -0.984. The molecule has 0 aliphatic carbocycles. The first-order valence-electron chi connectivity index (χ1n) is 21.0. The van der Waals surface area contributed by atoms with Gasteiger partial charge in [0.25, 0.3) is 8.32 Å². The molecular formula is C49H70O6Si. The molecule has 2 aliphatic rings. The zero-order valence-electron chi connectivity index (χ0n) is 35.8. The van der Waals surface area contributed by atoms with Crippen molar-refractivity contribution in [2.45, 2.75) is 148 Å². The highest BCUT2D eigenvalue weighted by molar-refractivity contribution is 6.99. The third-order valence-electron chi connectivity index (χ3n) is 12.0. The lowest BCUT2D eigenvalue weighted by atomic mass is 9.74. The molecule has 0 amide bonds. The van der Waals surface area contributed by atoms with E-state index < -0.39 is 14.1 Å². The molecule has 56 heavy (non-hydrogen) atoms. The van der Waals surface area contributed by atoms with Crippen LogP contribution in [-0.2, 0) is 30.0 Å². The summed E-state index contributed by atoms with van der Waals surface area (Å²) in [5, 5.41) is 2.50. The summed E-state index contributed by atoms with van der Waals surface area (Å²) < 4.78 is 39.7. The average Bonchev–Trinajstić information content (AvgIpc) is 3.18. The van der Waals surface area contributed by atoms with Crippen LogP contribution in [0.2, 0.25) is 5.04 Å². The lowest BCUT2D eigenvalue weighted by Crippen LogP contribution is -2.66. The Bertz CT molecular complexity index is 1610. The summed E-state index contributed by atoms with van der Waals surface area (Å²) in [6.45, 7) is 23.0. The second-order valence-corrected chi connectivity index (χ2v) is 22.3. The quantitative estimate of drug-likeness (QED) is 0.0946. The molecule has 2 fully saturated rings. The van der Waals surface area contributed by atoms with Gasteiger partial charge in [-0.25, -0.2) is 0 Å². The fraction of sp³-hybridized carbons (Fsp3) is 0.551. The van der Waals surface area contributed by atoms with Crippen molar-refractivity contribution in [2.24, 2.45) is 11.3 Å². The normalized spacial score (nSPS) is 23.1. The van der Waals surface area contributed by atoms with E-state index in [0.29, 0.717) is 19.6 Å². The van der Waals surface area contributed by atoms with Crippen molar-refractivity contribution in [1.82, 2.24) is 0 Å². The Labute approximate surface area is 340 Å². The van der Waals surface area contributed by atoms with Crippen LogP contribution in [0.1, 0.15) is 106 Å². The number of hydrogen-bond donors (Lipinski definition) is 0. The van der Waals surface area contributed by atoms with Crippen LogP contribution in [0.15, 0.2) is 110 Å². The van der Waals surface area contributed by atoms with Gasteiger partial charge >= 0.3 is 0 Å². The SMILES string of the molecule is C=CC[C@H]1CCC[C@@H](C(C)(C)[C@@H]2C[C@@H](C[C@@H](/C=C\[C@@H](CC)CO[Si](c3ccccc3)(c3ccccc3)C(C)(C)C)OCc3ccc(OC)cc3)OC(C)(C)O2)O1. The lowest BCUT2D eigenvalue weighted by Gasteiger charge is -2.50. The smallest absolute Gasteiger partial charge is 0.261 e. The first-order chi connectivity index (χ1) is 26.7. The molecular weight excluding hydrogens is 713 g/mol. The van der Waals surface area contributed by atoms with Crippen LogP contribution in [-0.4, -0.2) is 58.3 Å². The summed E-state index contributed by atoms with van der Waals surface area (Å²) >= 11 is 0. The van der Waals surface area contributed by atoms with Crippen molar-refractivity contribution in [2.75, 3.05) is 13.7 Å². The van der Waals surface area contributed by atoms with Gasteiger partial charge in [0.05, 0.1) is 44.2 Å².